The molecule has 4 nitrogen and oxygen atoms in total. The lowest BCUT2D eigenvalue weighted by Crippen LogP contribution is -2.33. The molecule has 2 aliphatic rings. The van der Waals surface area contributed by atoms with Gasteiger partial charge in [0.25, 0.3) is 5.91 Å². The van der Waals surface area contributed by atoms with Crippen molar-refractivity contribution in [3.05, 3.63) is 40.4 Å². The Hall–Kier alpha value is -2.49. The molecule has 0 unspecified atom stereocenters. The van der Waals surface area contributed by atoms with Crippen molar-refractivity contribution in [2.75, 3.05) is 12.0 Å². The van der Waals surface area contributed by atoms with Crippen LogP contribution in [0.2, 0.25) is 0 Å². The third-order valence-corrected chi connectivity index (χ3v) is 3.37. The van der Waals surface area contributed by atoms with Gasteiger partial charge in [0.15, 0.2) is 0 Å². The van der Waals surface area contributed by atoms with Crippen LogP contribution in [0.15, 0.2) is 34.3 Å². The van der Waals surface area contributed by atoms with Crippen LogP contribution in [0, 0.1) is 0 Å². The Morgan fingerprint density at radius 3 is 2.89 bits per heavy atom. The Morgan fingerprint density at radius 1 is 1.17 bits per heavy atom. The van der Waals surface area contributed by atoms with Crippen molar-refractivity contribution in [3.8, 4) is 0 Å². The summed E-state index contributed by atoms with van der Waals surface area (Å²) in [5, 5.41) is 7.00. The minimum absolute atomic E-state index is 0.186. The molecule has 2 aliphatic heterocycles. The third-order valence-electron chi connectivity index (χ3n) is 3.37. The molecular formula is C14H9N3O. The van der Waals surface area contributed by atoms with E-state index in [1.807, 2.05) is 30.3 Å². The second-order valence-electron chi connectivity index (χ2n) is 4.30. The lowest BCUT2D eigenvalue weighted by Gasteiger charge is -2.10. The van der Waals surface area contributed by atoms with Gasteiger partial charge in [0.2, 0.25) is 0 Å². The van der Waals surface area contributed by atoms with Gasteiger partial charge >= 0.3 is 0 Å². The van der Waals surface area contributed by atoms with E-state index in [-0.39, 0.29) is 5.91 Å². The molecule has 0 bridgehead atoms. The van der Waals surface area contributed by atoms with E-state index >= 15 is 0 Å². The number of anilines is 1. The molecule has 2 aromatic carbocycles. The Bertz CT molecular complexity index is 849. The first-order valence-electron chi connectivity index (χ1n) is 5.78. The zero-order chi connectivity index (χ0) is 12.1. The zero-order valence-corrected chi connectivity index (χ0v) is 9.47. The van der Waals surface area contributed by atoms with Crippen molar-refractivity contribution >= 4 is 34.7 Å². The van der Waals surface area contributed by atoms with Crippen LogP contribution in [0.4, 0.5) is 5.69 Å². The van der Waals surface area contributed by atoms with E-state index in [4.69, 9.17) is 0 Å². The Labute approximate surface area is 102 Å². The fraction of sp³-hybridized carbons (Fsp3) is 0.0714. The van der Waals surface area contributed by atoms with E-state index in [1.165, 1.54) is 0 Å². The van der Waals surface area contributed by atoms with Crippen LogP contribution in [0.1, 0.15) is 10.4 Å². The van der Waals surface area contributed by atoms with Gasteiger partial charge in [-0.05, 0) is 11.5 Å². The molecule has 4 rings (SSSR count). The highest BCUT2D eigenvalue weighted by molar-refractivity contribution is 6.17. The lowest BCUT2D eigenvalue weighted by molar-refractivity contribution is 0.100. The normalized spacial score (nSPS) is 15.7. The van der Waals surface area contributed by atoms with Gasteiger partial charge in [0, 0.05) is 16.8 Å². The highest BCUT2D eigenvalue weighted by atomic mass is 16.1. The van der Waals surface area contributed by atoms with Crippen LogP contribution >= 0.6 is 0 Å². The number of hydrogen-bond acceptors (Lipinski definition) is 3. The average Bonchev–Trinajstić information content (AvgIpc) is 2.88. The molecule has 2 heterocycles. The number of aliphatic imine (C=N–C) groups is 1. The SMILES string of the molecule is O=C1N=CC=c2c1c1ccccc1c1c2=NCN1. The van der Waals surface area contributed by atoms with Gasteiger partial charge in [-0.25, -0.2) is 4.99 Å². The van der Waals surface area contributed by atoms with Gasteiger partial charge in [0.1, 0.15) is 6.67 Å². The molecule has 0 spiro atoms. The largest absolute Gasteiger partial charge is 0.364 e. The van der Waals surface area contributed by atoms with Crippen LogP contribution in [-0.4, -0.2) is 18.8 Å². The van der Waals surface area contributed by atoms with Crippen LogP contribution in [-0.2, 0) is 0 Å². The molecule has 4 heteroatoms. The number of amides is 1. The van der Waals surface area contributed by atoms with Gasteiger partial charge in [-0.1, -0.05) is 24.3 Å². The van der Waals surface area contributed by atoms with Crippen molar-refractivity contribution in [2.45, 2.75) is 0 Å². The molecule has 0 fully saturated rings. The number of rotatable bonds is 0. The minimum Gasteiger partial charge on any atom is -0.364 e. The van der Waals surface area contributed by atoms with E-state index in [2.05, 4.69) is 15.3 Å². The Kier molecular flexibility index (Phi) is 1.73. The Balaban J connectivity index is 2.38. The number of carbonyl (C=O) groups excluding carboxylic acids is 1. The topological polar surface area (TPSA) is 53.8 Å². The van der Waals surface area contributed by atoms with Crippen LogP contribution < -0.4 is 15.9 Å². The summed E-state index contributed by atoms with van der Waals surface area (Å²) in [6.45, 7) is 0.564. The molecular weight excluding hydrogens is 226 g/mol. The summed E-state index contributed by atoms with van der Waals surface area (Å²) in [6.07, 6.45) is 3.41. The number of nitrogens with one attached hydrogen (secondary N) is 1. The standard InChI is InChI=1S/C14H9N3O/c18-14-11-8-3-1-2-4-9(8)12-13(17-7-16-12)10(11)5-6-15-14/h1-6,16H,7H2. The van der Waals surface area contributed by atoms with Gasteiger partial charge in [-0.2, -0.15) is 0 Å². The van der Waals surface area contributed by atoms with Gasteiger partial charge < -0.3 is 5.32 Å². The van der Waals surface area contributed by atoms with E-state index in [0.717, 1.165) is 27.0 Å². The summed E-state index contributed by atoms with van der Waals surface area (Å²) in [4.78, 5) is 20.3. The number of benzene rings is 2. The number of carbonyl (C=O) groups is 1. The minimum atomic E-state index is -0.186. The summed E-state index contributed by atoms with van der Waals surface area (Å²) in [5.41, 5.74) is 1.68. The quantitative estimate of drug-likeness (QED) is 0.736. The zero-order valence-electron chi connectivity index (χ0n) is 9.47. The van der Waals surface area contributed by atoms with Crippen molar-refractivity contribution < 1.29 is 4.79 Å². The molecule has 1 N–H and O–H groups in total. The molecule has 0 aliphatic carbocycles. The number of nitrogens with zero attached hydrogens (tertiary/aromatic N) is 2. The van der Waals surface area contributed by atoms with Crippen molar-refractivity contribution in [2.24, 2.45) is 9.98 Å². The van der Waals surface area contributed by atoms with E-state index < -0.39 is 0 Å². The summed E-state index contributed by atoms with van der Waals surface area (Å²) in [6, 6.07) is 7.87. The molecule has 0 aromatic heterocycles. The van der Waals surface area contributed by atoms with Gasteiger partial charge in [0.05, 0.1) is 16.6 Å². The predicted molar refractivity (Wildman–Crippen MR) is 70.5 cm³/mol. The number of fused-ring (bicyclic) bond motifs is 6. The second-order valence-corrected chi connectivity index (χ2v) is 4.30. The molecule has 0 saturated carbocycles. The maximum absolute atomic E-state index is 12.0. The highest BCUT2D eigenvalue weighted by Gasteiger charge is 2.19. The van der Waals surface area contributed by atoms with E-state index in [9.17, 15) is 4.79 Å². The van der Waals surface area contributed by atoms with Gasteiger partial charge in [-0.3, -0.25) is 9.79 Å². The predicted octanol–water partition coefficient (Wildman–Crippen LogP) is 0.847. The molecule has 86 valence electrons. The van der Waals surface area contributed by atoms with Crippen molar-refractivity contribution in [3.63, 3.8) is 0 Å². The maximum Gasteiger partial charge on any atom is 0.278 e. The molecule has 0 radical (unpaired) electrons. The molecule has 18 heavy (non-hydrogen) atoms. The summed E-state index contributed by atoms with van der Waals surface area (Å²) in [5.74, 6) is -0.186. The molecule has 0 saturated heterocycles. The van der Waals surface area contributed by atoms with E-state index in [0.29, 0.717) is 12.2 Å². The number of hydrogen-bond donors (Lipinski definition) is 1. The summed E-state index contributed by atoms with van der Waals surface area (Å²) >= 11 is 0. The summed E-state index contributed by atoms with van der Waals surface area (Å²) < 4.78 is 0. The Morgan fingerprint density at radius 2 is 2.00 bits per heavy atom. The fourth-order valence-corrected chi connectivity index (χ4v) is 2.62. The maximum atomic E-state index is 12.0. The van der Waals surface area contributed by atoms with Gasteiger partial charge in [-0.15, -0.1) is 0 Å². The first-order chi connectivity index (χ1) is 8.86. The third kappa shape index (κ3) is 1.07. The highest BCUT2D eigenvalue weighted by Crippen LogP contribution is 2.23. The molecule has 0 atom stereocenters. The smallest absolute Gasteiger partial charge is 0.278 e. The average molecular weight is 235 g/mol. The molecule has 2 aromatic rings. The second kappa shape index (κ2) is 3.26. The van der Waals surface area contributed by atoms with Crippen LogP contribution in [0.3, 0.4) is 0 Å². The van der Waals surface area contributed by atoms with Crippen LogP contribution in [0.25, 0.3) is 16.8 Å². The van der Waals surface area contributed by atoms with Crippen molar-refractivity contribution in [1.82, 2.24) is 0 Å². The lowest BCUT2D eigenvalue weighted by atomic mass is 9.98. The fourth-order valence-electron chi connectivity index (χ4n) is 2.62. The first-order valence-corrected chi connectivity index (χ1v) is 5.78. The first kappa shape index (κ1) is 9.53. The monoisotopic (exact) mass is 235 g/mol. The van der Waals surface area contributed by atoms with E-state index in [1.54, 1.807) is 6.21 Å². The summed E-state index contributed by atoms with van der Waals surface area (Å²) in [7, 11) is 0. The molecule has 1 amide bonds. The van der Waals surface area contributed by atoms with Crippen molar-refractivity contribution in [1.29, 1.82) is 0 Å². The van der Waals surface area contributed by atoms with Crippen LogP contribution in [0.5, 0.6) is 0 Å².